The van der Waals surface area contributed by atoms with Crippen molar-refractivity contribution in [1.82, 2.24) is 4.31 Å². The third-order valence-electron chi connectivity index (χ3n) is 4.81. The van der Waals surface area contributed by atoms with Gasteiger partial charge in [-0.2, -0.15) is 4.31 Å². The first-order valence-electron chi connectivity index (χ1n) is 9.57. The molecule has 1 fully saturated rings. The fourth-order valence-corrected chi connectivity index (χ4v) is 4.51. The lowest BCUT2D eigenvalue weighted by Gasteiger charge is -2.26. The molecule has 11 heteroatoms. The van der Waals surface area contributed by atoms with Crippen LogP contribution in [0.2, 0.25) is 0 Å². The normalized spacial score (nSPS) is 14.6. The molecule has 1 saturated heterocycles. The van der Waals surface area contributed by atoms with E-state index in [1.54, 1.807) is 6.07 Å². The number of ether oxygens (including phenoxy) is 4. The third-order valence-corrected chi connectivity index (χ3v) is 6.70. The van der Waals surface area contributed by atoms with E-state index in [0.717, 1.165) is 18.2 Å². The molecule has 0 saturated carbocycles. The van der Waals surface area contributed by atoms with Crippen LogP contribution in [-0.4, -0.2) is 71.6 Å². The summed E-state index contributed by atoms with van der Waals surface area (Å²) in [5, 5.41) is 0. The van der Waals surface area contributed by atoms with Crippen molar-refractivity contribution in [2.75, 3.05) is 47.1 Å². The highest BCUT2D eigenvalue weighted by Crippen LogP contribution is 2.25. The molecule has 9 nitrogen and oxygen atoms in total. The monoisotopic (exact) mass is 467 g/mol. The van der Waals surface area contributed by atoms with Gasteiger partial charge in [0.1, 0.15) is 17.3 Å². The van der Waals surface area contributed by atoms with Crippen molar-refractivity contribution >= 4 is 21.8 Å². The Balaban J connectivity index is 1.77. The number of carbonyl (C=O) groups is 2. The van der Waals surface area contributed by atoms with Gasteiger partial charge in [0.05, 0.1) is 43.5 Å². The lowest BCUT2D eigenvalue weighted by molar-refractivity contribution is 0.0469. The molecule has 3 rings (SSSR count). The Morgan fingerprint density at radius 3 is 2.41 bits per heavy atom. The number of hydrogen-bond donors (Lipinski definition) is 0. The van der Waals surface area contributed by atoms with Crippen LogP contribution < -0.4 is 9.47 Å². The molecule has 1 aliphatic heterocycles. The summed E-state index contributed by atoms with van der Waals surface area (Å²) in [5.74, 6) is -2.10. The average Bonchev–Trinajstić information content (AvgIpc) is 2.82. The van der Waals surface area contributed by atoms with Crippen molar-refractivity contribution in [2.45, 2.75) is 4.90 Å². The number of halogens is 1. The minimum absolute atomic E-state index is 0.115. The van der Waals surface area contributed by atoms with Gasteiger partial charge < -0.3 is 18.9 Å². The molecule has 0 aromatic heterocycles. The SMILES string of the molecule is COc1ccc(OC)c(C(=O)COC(=O)c2cc(S(=O)(=O)N3CCOCC3)ccc2F)c1. The predicted molar refractivity (Wildman–Crippen MR) is 110 cm³/mol. The topological polar surface area (TPSA) is 108 Å². The van der Waals surface area contributed by atoms with Gasteiger partial charge in [-0.1, -0.05) is 0 Å². The van der Waals surface area contributed by atoms with Gasteiger partial charge in [0, 0.05) is 13.1 Å². The molecule has 32 heavy (non-hydrogen) atoms. The molecule has 0 N–H and O–H groups in total. The molecule has 0 amide bonds. The van der Waals surface area contributed by atoms with Crippen molar-refractivity contribution in [2.24, 2.45) is 0 Å². The van der Waals surface area contributed by atoms with Crippen LogP contribution in [0, 0.1) is 5.82 Å². The van der Waals surface area contributed by atoms with Crippen molar-refractivity contribution in [3.63, 3.8) is 0 Å². The van der Waals surface area contributed by atoms with E-state index in [4.69, 9.17) is 18.9 Å². The standard InChI is InChI=1S/C21H22FNO8S/c1-28-14-3-6-20(29-2)17(11-14)19(24)13-31-21(25)16-12-15(4-5-18(16)22)32(26,27)23-7-9-30-10-8-23/h3-6,11-12H,7-10,13H2,1-2H3. The first-order chi connectivity index (χ1) is 15.3. The number of nitrogens with zero attached hydrogens (tertiary/aromatic N) is 1. The number of ketones is 1. The molecule has 172 valence electrons. The second-order valence-electron chi connectivity index (χ2n) is 6.72. The highest BCUT2D eigenvalue weighted by atomic mass is 32.2. The van der Waals surface area contributed by atoms with Gasteiger partial charge in [-0.3, -0.25) is 4.79 Å². The quantitative estimate of drug-likeness (QED) is 0.428. The Morgan fingerprint density at radius 2 is 1.75 bits per heavy atom. The zero-order chi connectivity index (χ0) is 23.3. The maximum absolute atomic E-state index is 14.3. The van der Waals surface area contributed by atoms with Crippen LogP contribution >= 0.6 is 0 Å². The zero-order valence-electron chi connectivity index (χ0n) is 17.5. The van der Waals surface area contributed by atoms with Gasteiger partial charge >= 0.3 is 5.97 Å². The van der Waals surface area contributed by atoms with Crippen LogP contribution in [0.3, 0.4) is 0 Å². The largest absolute Gasteiger partial charge is 0.497 e. The number of rotatable bonds is 8. The molecule has 1 heterocycles. The van der Waals surface area contributed by atoms with Crippen LogP contribution in [0.15, 0.2) is 41.3 Å². The van der Waals surface area contributed by atoms with Crippen molar-refractivity contribution in [3.05, 3.63) is 53.3 Å². The number of morpholine rings is 1. The van der Waals surface area contributed by atoms with Crippen LogP contribution in [0.25, 0.3) is 0 Å². The molecule has 0 radical (unpaired) electrons. The highest BCUT2D eigenvalue weighted by molar-refractivity contribution is 7.89. The second-order valence-corrected chi connectivity index (χ2v) is 8.66. The van der Waals surface area contributed by atoms with E-state index in [0.29, 0.717) is 5.75 Å². The Labute approximate surface area is 184 Å². The van der Waals surface area contributed by atoms with Crippen LogP contribution in [0.1, 0.15) is 20.7 Å². The lowest BCUT2D eigenvalue weighted by atomic mass is 10.1. The van der Waals surface area contributed by atoms with Gasteiger partial charge in [-0.05, 0) is 36.4 Å². The van der Waals surface area contributed by atoms with Gasteiger partial charge in [0.25, 0.3) is 0 Å². The molecule has 0 bridgehead atoms. The van der Waals surface area contributed by atoms with Gasteiger partial charge in [-0.15, -0.1) is 0 Å². The first kappa shape index (κ1) is 23.6. The van der Waals surface area contributed by atoms with E-state index >= 15 is 0 Å². The van der Waals surface area contributed by atoms with Crippen LogP contribution in [0.5, 0.6) is 11.5 Å². The summed E-state index contributed by atoms with van der Waals surface area (Å²) in [6.45, 7) is 0.0747. The summed E-state index contributed by atoms with van der Waals surface area (Å²) >= 11 is 0. The molecular formula is C21H22FNO8S. The number of methoxy groups -OCH3 is 2. The first-order valence-corrected chi connectivity index (χ1v) is 11.0. The highest BCUT2D eigenvalue weighted by Gasteiger charge is 2.28. The number of carbonyl (C=O) groups excluding carboxylic acids is 2. The van der Waals surface area contributed by atoms with Crippen molar-refractivity contribution in [3.8, 4) is 11.5 Å². The fraction of sp³-hybridized carbons (Fsp3) is 0.333. The van der Waals surface area contributed by atoms with Gasteiger partial charge in [0.15, 0.2) is 6.61 Å². The van der Waals surface area contributed by atoms with Gasteiger partial charge in [0.2, 0.25) is 15.8 Å². The van der Waals surface area contributed by atoms with Crippen LogP contribution in [0.4, 0.5) is 4.39 Å². The van der Waals surface area contributed by atoms with Crippen molar-refractivity contribution < 1.29 is 41.3 Å². The van der Waals surface area contributed by atoms with E-state index in [1.807, 2.05) is 0 Å². The average molecular weight is 467 g/mol. The summed E-state index contributed by atoms with van der Waals surface area (Å²) in [4.78, 5) is 24.7. The molecule has 0 atom stereocenters. The summed E-state index contributed by atoms with van der Waals surface area (Å²) in [7, 11) is -1.14. The summed E-state index contributed by atoms with van der Waals surface area (Å²) in [6, 6.07) is 7.38. The van der Waals surface area contributed by atoms with Crippen LogP contribution in [-0.2, 0) is 19.5 Å². The molecule has 0 unspecified atom stereocenters. The Morgan fingerprint density at radius 1 is 1.03 bits per heavy atom. The molecule has 0 aliphatic carbocycles. The van der Waals surface area contributed by atoms with E-state index in [-0.39, 0.29) is 42.5 Å². The minimum atomic E-state index is -3.94. The maximum atomic E-state index is 14.3. The van der Waals surface area contributed by atoms with Gasteiger partial charge in [-0.25, -0.2) is 17.6 Å². The molecule has 1 aliphatic rings. The molecule has 0 spiro atoms. The molecular weight excluding hydrogens is 445 g/mol. The Hall–Kier alpha value is -3.02. The number of Topliss-reactive ketones (excluding diaryl/α,β-unsaturated/α-hetero) is 1. The van der Waals surface area contributed by atoms with E-state index in [2.05, 4.69) is 0 Å². The number of benzene rings is 2. The number of hydrogen-bond acceptors (Lipinski definition) is 8. The minimum Gasteiger partial charge on any atom is -0.497 e. The Kier molecular flexibility index (Phi) is 7.44. The maximum Gasteiger partial charge on any atom is 0.341 e. The molecule has 2 aromatic carbocycles. The third kappa shape index (κ3) is 5.06. The van der Waals surface area contributed by atoms with Crippen molar-refractivity contribution in [1.29, 1.82) is 0 Å². The van der Waals surface area contributed by atoms with E-state index in [1.165, 1.54) is 30.7 Å². The second kappa shape index (κ2) is 10.1. The summed E-state index contributed by atoms with van der Waals surface area (Å²) < 4.78 is 61.3. The predicted octanol–water partition coefficient (Wildman–Crippen LogP) is 1.90. The summed E-state index contributed by atoms with van der Waals surface area (Å²) in [6.07, 6.45) is 0. The van der Waals surface area contributed by atoms with E-state index < -0.39 is 39.8 Å². The summed E-state index contributed by atoms with van der Waals surface area (Å²) in [5.41, 5.74) is -0.478. The Bertz CT molecular complexity index is 1110. The smallest absolute Gasteiger partial charge is 0.341 e. The number of sulfonamides is 1. The van der Waals surface area contributed by atoms with E-state index in [9.17, 15) is 22.4 Å². The fourth-order valence-electron chi connectivity index (χ4n) is 3.08. The number of esters is 1. The molecule has 2 aromatic rings. The zero-order valence-corrected chi connectivity index (χ0v) is 18.3. The lowest BCUT2D eigenvalue weighted by Crippen LogP contribution is -2.40.